The van der Waals surface area contributed by atoms with Crippen LogP contribution in [0.5, 0.6) is 23.3 Å². The molecule has 0 unspecified atom stereocenters. The number of hydrogen-bond donors (Lipinski definition) is 2. The summed E-state index contributed by atoms with van der Waals surface area (Å²) >= 11 is 0.884. The third-order valence-corrected chi connectivity index (χ3v) is 6.64. The van der Waals surface area contributed by atoms with E-state index >= 15 is 0 Å². The molecule has 0 spiro atoms. The normalized spacial score (nSPS) is 11.5. The van der Waals surface area contributed by atoms with Gasteiger partial charge in [0.25, 0.3) is 10.2 Å². The van der Waals surface area contributed by atoms with Gasteiger partial charge < -0.3 is 13.9 Å². The lowest BCUT2D eigenvalue weighted by atomic mass is 10.1. The molecule has 170 valence electrons. The summed E-state index contributed by atoms with van der Waals surface area (Å²) in [6.07, 6.45) is 3.11. The van der Waals surface area contributed by atoms with Crippen molar-refractivity contribution in [1.82, 2.24) is 18.8 Å². The predicted octanol–water partition coefficient (Wildman–Crippen LogP) is 3.54. The molecule has 12 heteroatoms. The van der Waals surface area contributed by atoms with E-state index < -0.39 is 15.8 Å². The van der Waals surface area contributed by atoms with Crippen molar-refractivity contribution >= 4 is 33.1 Å². The number of fused-ring (bicyclic) bond motifs is 1. The Morgan fingerprint density at radius 2 is 1.76 bits per heavy atom. The molecular weight excluding hydrogens is 468 g/mol. The molecule has 0 bridgehead atoms. The van der Waals surface area contributed by atoms with Crippen LogP contribution in [0.2, 0.25) is 0 Å². The van der Waals surface area contributed by atoms with E-state index in [1.165, 1.54) is 7.05 Å². The van der Waals surface area contributed by atoms with Crippen LogP contribution in [0.25, 0.3) is 11.0 Å². The molecule has 2 aromatic heterocycles. The van der Waals surface area contributed by atoms with Crippen molar-refractivity contribution in [2.45, 2.75) is 11.8 Å². The first-order chi connectivity index (χ1) is 15.8. The molecule has 4 aromatic rings. The van der Waals surface area contributed by atoms with Gasteiger partial charge in [-0.2, -0.15) is 8.42 Å². The van der Waals surface area contributed by atoms with Crippen molar-refractivity contribution in [2.24, 2.45) is 0 Å². The molecule has 0 fully saturated rings. The Kier molecular flexibility index (Phi) is 6.60. The van der Waals surface area contributed by atoms with E-state index in [0.29, 0.717) is 32.9 Å². The Labute approximate surface area is 193 Å². The fourth-order valence-electron chi connectivity index (χ4n) is 2.81. The summed E-state index contributed by atoms with van der Waals surface area (Å²) in [5, 5.41) is 0.665. The molecule has 0 saturated carbocycles. The van der Waals surface area contributed by atoms with E-state index in [4.69, 9.17) is 13.9 Å². The van der Waals surface area contributed by atoms with Gasteiger partial charge >= 0.3 is 11.6 Å². The summed E-state index contributed by atoms with van der Waals surface area (Å²) in [5.41, 5.74) is 0.240. The smallest absolute Gasteiger partial charge is 0.379 e. The summed E-state index contributed by atoms with van der Waals surface area (Å²) in [4.78, 5) is 21.2. The number of rotatable bonds is 8. The SMILES string of the molecule is CNS(=O)(=O)NSc1cccc(Oc2c(C)c3ccc(Oc4ncccn4)cc3oc2=O)c1. The van der Waals surface area contributed by atoms with Crippen LogP contribution in [0.15, 0.2) is 75.0 Å². The van der Waals surface area contributed by atoms with Crippen molar-refractivity contribution in [2.75, 3.05) is 7.05 Å². The van der Waals surface area contributed by atoms with Crippen LogP contribution in [0.4, 0.5) is 0 Å². The molecule has 0 atom stereocenters. The Morgan fingerprint density at radius 3 is 2.52 bits per heavy atom. The molecular formula is C21H18N4O6S2. The average molecular weight is 487 g/mol. The van der Waals surface area contributed by atoms with Gasteiger partial charge in [-0.15, -0.1) is 4.13 Å². The third kappa shape index (κ3) is 5.49. The van der Waals surface area contributed by atoms with E-state index in [1.54, 1.807) is 67.8 Å². The first-order valence-electron chi connectivity index (χ1n) is 9.52. The fourth-order valence-corrected chi connectivity index (χ4v) is 4.29. The maximum Gasteiger partial charge on any atom is 0.379 e. The summed E-state index contributed by atoms with van der Waals surface area (Å²) in [7, 11) is -2.31. The second-order valence-electron chi connectivity index (χ2n) is 6.60. The fraction of sp³-hybridized carbons (Fsp3) is 0.0952. The zero-order chi connectivity index (χ0) is 23.4. The van der Waals surface area contributed by atoms with Gasteiger partial charge in [0.15, 0.2) is 0 Å². The highest BCUT2D eigenvalue weighted by molar-refractivity contribution is 8.08. The quantitative estimate of drug-likeness (QED) is 0.283. The van der Waals surface area contributed by atoms with Crippen molar-refractivity contribution in [3.05, 3.63) is 76.9 Å². The van der Waals surface area contributed by atoms with Crippen LogP contribution >= 0.6 is 11.9 Å². The molecule has 4 rings (SSSR count). The van der Waals surface area contributed by atoms with Gasteiger partial charge in [-0.05, 0) is 55.3 Å². The molecule has 0 radical (unpaired) electrons. The summed E-state index contributed by atoms with van der Waals surface area (Å²) in [6.45, 7) is 1.75. The molecule has 2 N–H and O–H groups in total. The van der Waals surface area contributed by atoms with E-state index in [2.05, 4.69) is 18.8 Å². The molecule has 0 aliphatic rings. The third-order valence-electron chi connectivity index (χ3n) is 4.40. The average Bonchev–Trinajstić information content (AvgIpc) is 2.81. The van der Waals surface area contributed by atoms with Crippen molar-refractivity contribution in [3.8, 4) is 23.3 Å². The van der Waals surface area contributed by atoms with E-state index in [-0.39, 0.29) is 11.8 Å². The van der Waals surface area contributed by atoms with Gasteiger partial charge in [-0.3, -0.25) is 0 Å². The maximum absolute atomic E-state index is 12.6. The molecule has 2 aromatic carbocycles. The second-order valence-corrected chi connectivity index (χ2v) is 9.36. The van der Waals surface area contributed by atoms with Crippen molar-refractivity contribution in [3.63, 3.8) is 0 Å². The van der Waals surface area contributed by atoms with Crippen LogP contribution < -0.4 is 23.9 Å². The van der Waals surface area contributed by atoms with Gasteiger partial charge in [0.1, 0.15) is 17.1 Å². The van der Waals surface area contributed by atoms with Gasteiger partial charge in [0.05, 0.1) is 0 Å². The minimum absolute atomic E-state index is 0.0283. The molecule has 0 amide bonds. The summed E-state index contributed by atoms with van der Waals surface area (Å²) < 4.78 is 44.4. The molecule has 2 heterocycles. The molecule has 33 heavy (non-hydrogen) atoms. The number of aromatic nitrogens is 2. The van der Waals surface area contributed by atoms with Crippen molar-refractivity contribution in [1.29, 1.82) is 0 Å². The largest absolute Gasteiger partial charge is 0.449 e. The Bertz CT molecular complexity index is 1460. The number of nitrogens with one attached hydrogen (secondary N) is 2. The zero-order valence-electron chi connectivity index (χ0n) is 17.4. The topological polar surface area (TPSA) is 133 Å². The van der Waals surface area contributed by atoms with Crippen LogP contribution in [0, 0.1) is 6.92 Å². The lowest BCUT2D eigenvalue weighted by molar-refractivity contribution is 0.428. The lowest BCUT2D eigenvalue weighted by Gasteiger charge is -2.11. The predicted molar refractivity (Wildman–Crippen MR) is 123 cm³/mol. The highest BCUT2D eigenvalue weighted by Gasteiger charge is 2.15. The first-order valence-corrected chi connectivity index (χ1v) is 11.8. The van der Waals surface area contributed by atoms with Crippen molar-refractivity contribution < 1.29 is 22.3 Å². The molecule has 0 aliphatic heterocycles. The number of aryl methyl sites for hydroxylation is 1. The highest BCUT2D eigenvalue weighted by atomic mass is 32.3. The molecule has 0 aliphatic carbocycles. The van der Waals surface area contributed by atoms with E-state index in [9.17, 15) is 13.2 Å². The minimum atomic E-state index is -3.61. The van der Waals surface area contributed by atoms with Crippen LogP contribution in [0.1, 0.15) is 5.56 Å². The molecule has 0 saturated heterocycles. The van der Waals surface area contributed by atoms with Gasteiger partial charge in [-0.1, -0.05) is 6.07 Å². The van der Waals surface area contributed by atoms with Crippen LogP contribution in [-0.2, 0) is 10.2 Å². The lowest BCUT2D eigenvalue weighted by Crippen LogP contribution is -2.29. The number of nitrogens with zero attached hydrogens (tertiary/aromatic N) is 2. The zero-order valence-corrected chi connectivity index (χ0v) is 19.1. The minimum Gasteiger partial charge on any atom is -0.449 e. The van der Waals surface area contributed by atoms with Gasteiger partial charge in [0.2, 0.25) is 5.75 Å². The highest BCUT2D eigenvalue weighted by Crippen LogP contribution is 2.31. The van der Waals surface area contributed by atoms with E-state index in [1.807, 2.05) is 0 Å². The van der Waals surface area contributed by atoms with Crippen LogP contribution in [0.3, 0.4) is 0 Å². The van der Waals surface area contributed by atoms with Gasteiger partial charge in [-0.25, -0.2) is 19.5 Å². The second kappa shape index (κ2) is 9.58. The standard InChI is InChI=1S/C21H18N4O6S2/c1-13-17-8-7-15(30-21-23-9-4-10-24-21)12-18(17)31-20(26)19(13)29-14-5-3-6-16(11-14)32-25-33(27,28)22-2/h3-12,22,25H,1-2H3. The Hall–Kier alpha value is -3.45. The van der Waals surface area contributed by atoms with Crippen LogP contribution in [-0.4, -0.2) is 25.4 Å². The number of hydrogen-bond acceptors (Lipinski definition) is 9. The first kappa shape index (κ1) is 22.7. The number of ether oxygens (including phenoxy) is 2. The Morgan fingerprint density at radius 1 is 1.00 bits per heavy atom. The summed E-state index contributed by atoms with van der Waals surface area (Å²) in [5.74, 6) is 0.791. The monoisotopic (exact) mass is 486 g/mol. The maximum atomic E-state index is 12.6. The van der Waals surface area contributed by atoms with Gasteiger partial charge in [0, 0.05) is 41.4 Å². The Balaban J connectivity index is 1.59. The number of benzene rings is 2. The van der Waals surface area contributed by atoms with E-state index in [0.717, 1.165) is 11.9 Å². The summed E-state index contributed by atoms with van der Waals surface area (Å²) in [6, 6.07) is 13.5. The molecule has 10 nitrogen and oxygen atoms in total.